The second-order valence-corrected chi connectivity index (χ2v) is 5.76. The van der Waals surface area contributed by atoms with E-state index in [2.05, 4.69) is 25.8 Å². The number of hydrogen-bond acceptors (Lipinski definition) is 6. The largest absolute Gasteiger partial charge is 0.439 e. The van der Waals surface area contributed by atoms with Crippen molar-refractivity contribution >= 4 is 5.91 Å². The second-order valence-electron chi connectivity index (χ2n) is 5.76. The van der Waals surface area contributed by atoms with Crippen molar-refractivity contribution in [3.05, 3.63) is 59.5 Å². The molecule has 0 atom stereocenters. The summed E-state index contributed by atoms with van der Waals surface area (Å²) in [6.45, 7) is 1.67. The molecule has 0 bridgehead atoms. The number of rotatable bonds is 6. The van der Waals surface area contributed by atoms with Gasteiger partial charge in [-0.1, -0.05) is 12.1 Å². The van der Waals surface area contributed by atoms with Gasteiger partial charge in [-0.15, -0.1) is 5.10 Å². The number of aryl methyl sites for hydroxylation is 1. The number of carbonyl (C=O) groups excluding carboxylic acids is 1. The first-order valence-corrected chi connectivity index (χ1v) is 8.11. The van der Waals surface area contributed by atoms with E-state index < -0.39 is 11.7 Å². The topological polar surface area (TPSA) is 94.8 Å². The molecule has 1 amide bonds. The third-order valence-electron chi connectivity index (χ3n) is 3.71. The van der Waals surface area contributed by atoms with E-state index in [1.165, 1.54) is 23.0 Å². The molecule has 0 fully saturated rings. The highest BCUT2D eigenvalue weighted by Crippen LogP contribution is 2.32. The first-order valence-electron chi connectivity index (χ1n) is 8.11. The highest BCUT2D eigenvalue weighted by molar-refractivity contribution is 5.75. The molecule has 0 saturated carbocycles. The number of pyridine rings is 1. The average molecular weight is 392 g/mol. The lowest BCUT2D eigenvalue weighted by atomic mass is 10.2. The first kappa shape index (κ1) is 19.3. The molecular weight excluding hydrogens is 377 g/mol. The molecule has 0 unspecified atom stereocenters. The maximum absolute atomic E-state index is 12.8. The van der Waals surface area contributed by atoms with Crippen molar-refractivity contribution in [3.63, 3.8) is 0 Å². The number of nitrogens with zero attached hydrogens (tertiary/aromatic N) is 5. The van der Waals surface area contributed by atoms with Gasteiger partial charge in [0.2, 0.25) is 11.8 Å². The molecule has 0 saturated heterocycles. The van der Waals surface area contributed by atoms with E-state index in [0.717, 1.165) is 12.1 Å². The highest BCUT2D eigenvalue weighted by Gasteiger charge is 2.30. The van der Waals surface area contributed by atoms with Crippen LogP contribution in [-0.4, -0.2) is 31.1 Å². The monoisotopic (exact) mass is 392 g/mol. The van der Waals surface area contributed by atoms with Crippen molar-refractivity contribution in [3.8, 4) is 11.6 Å². The number of benzene rings is 1. The molecule has 0 aliphatic heterocycles. The Morgan fingerprint density at radius 2 is 2.07 bits per heavy atom. The lowest BCUT2D eigenvalue weighted by Crippen LogP contribution is -2.28. The van der Waals surface area contributed by atoms with Crippen molar-refractivity contribution in [1.82, 2.24) is 30.5 Å². The number of hydrogen-bond donors (Lipinski definition) is 1. The number of aromatic nitrogens is 5. The van der Waals surface area contributed by atoms with Crippen molar-refractivity contribution in [1.29, 1.82) is 0 Å². The standard InChI is InChI=1S/C17H15F3N6O2/c1-11-23-24-25-26(11)10-15(27)22-9-12-4-3-7-21-16(12)28-14-6-2-5-13(8-14)17(18,19)20/h2-8H,9-10H2,1H3,(H,22,27). The summed E-state index contributed by atoms with van der Waals surface area (Å²) in [7, 11) is 0. The van der Waals surface area contributed by atoms with Crippen molar-refractivity contribution < 1.29 is 22.7 Å². The second kappa shape index (κ2) is 8.03. The van der Waals surface area contributed by atoms with E-state index in [4.69, 9.17) is 4.74 Å². The molecular formula is C17H15F3N6O2. The molecule has 2 heterocycles. The quantitative estimate of drug-likeness (QED) is 0.693. The van der Waals surface area contributed by atoms with Gasteiger partial charge >= 0.3 is 6.18 Å². The van der Waals surface area contributed by atoms with Crippen molar-refractivity contribution in [2.75, 3.05) is 0 Å². The molecule has 2 aromatic heterocycles. The van der Waals surface area contributed by atoms with Gasteiger partial charge in [0.05, 0.1) is 5.56 Å². The summed E-state index contributed by atoms with van der Waals surface area (Å²) in [6.07, 6.45) is -3.03. The minimum Gasteiger partial charge on any atom is -0.439 e. The lowest BCUT2D eigenvalue weighted by Gasteiger charge is -2.12. The van der Waals surface area contributed by atoms with Gasteiger partial charge in [-0.3, -0.25) is 4.79 Å². The Bertz CT molecular complexity index is 973. The fourth-order valence-electron chi connectivity index (χ4n) is 2.28. The smallest absolute Gasteiger partial charge is 0.416 e. The van der Waals surface area contributed by atoms with E-state index in [1.807, 2.05) is 0 Å². The zero-order valence-corrected chi connectivity index (χ0v) is 14.6. The zero-order chi connectivity index (χ0) is 20.1. The zero-order valence-electron chi connectivity index (χ0n) is 14.6. The molecule has 8 nitrogen and oxygen atoms in total. The van der Waals surface area contributed by atoms with Gasteiger partial charge in [0, 0.05) is 18.3 Å². The number of halogens is 3. The Hall–Kier alpha value is -3.50. The SMILES string of the molecule is Cc1nnnn1CC(=O)NCc1cccnc1Oc1cccc(C(F)(F)F)c1. The van der Waals surface area contributed by atoms with Gasteiger partial charge in [-0.05, 0) is 41.6 Å². The van der Waals surface area contributed by atoms with Gasteiger partial charge < -0.3 is 10.1 Å². The lowest BCUT2D eigenvalue weighted by molar-refractivity contribution is -0.137. The molecule has 3 rings (SSSR count). The summed E-state index contributed by atoms with van der Waals surface area (Å²) in [4.78, 5) is 16.1. The van der Waals surface area contributed by atoms with Crippen LogP contribution in [0.15, 0.2) is 42.6 Å². The fraction of sp³-hybridized carbons (Fsp3) is 0.235. The molecule has 3 aromatic rings. The number of tetrazole rings is 1. The Morgan fingerprint density at radius 3 is 2.79 bits per heavy atom. The number of nitrogens with one attached hydrogen (secondary N) is 1. The van der Waals surface area contributed by atoms with Crippen LogP contribution in [0.1, 0.15) is 17.0 Å². The van der Waals surface area contributed by atoms with Crippen LogP contribution in [0.4, 0.5) is 13.2 Å². The Morgan fingerprint density at radius 1 is 1.25 bits per heavy atom. The van der Waals surface area contributed by atoms with Gasteiger partial charge in [0.1, 0.15) is 18.1 Å². The minimum atomic E-state index is -4.48. The third kappa shape index (κ3) is 4.81. The minimum absolute atomic E-state index is 0.00887. The van der Waals surface area contributed by atoms with Crippen LogP contribution >= 0.6 is 0 Å². The van der Waals surface area contributed by atoms with Crippen molar-refractivity contribution in [2.45, 2.75) is 26.2 Å². The number of carbonyl (C=O) groups is 1. The summed E-state index contributed by atoms with van der Waals surface area (Å²) in [5.74, 6) is 0.237. The Kier molecular flexibility index (Phi) is 5.52. The first-order chi connectivity index (χ1) is 13.3. The van der Waals surface area contributed by atoms with Crippen LogP contribution in [0.5, 0.6) is 11.6 Å². The molecule has 146 valence electrons. The van der Waals surface area contributed by atoms with Crippen LogP contribution in [-0.2, 0) is 24.1 Å². The number of alkyl halides is 3. The predicted octanol–water partition coefficient (Wildman–Crippen LogP) is 2.50. The summed E-state index contributed by atoms with van der Waals surface area (Å²) < 4.78 is 45.4. The molecule has 0 aliphatic carbocycles. The van der Waals surface area contributed by atoms with Crippen LogP contribution in [0, 0.1) is 6.92 Å². The van der Waals surface area contributed by atoms with Gasteiger partial charge in [0.15, 0.2) is 0 Å². The Labute approximate surface area is 157 Å². The predicted molar refractivity (Wildman–Crippen MR) is 90.2 cm³/mol. The van der Waals surface area contributed by atoms with Crippen LogP contribution < -0.4 is 10.1 Å². The molecule has 11 heteroatoms. The van der Waals surface area contributed by atoms with Gasteiger partial charge in [-0.2, -0.15) is 13.2 Å². The third-order valence-corrected chi connectivity index (χ3v) is 3.71. The van der Waals surface area contributed by atoms with Crippen LogP contribution in [0.25, 0.3) is 0 Å². The van der Waals surface area contributed by atoms with E-state index in [-0.39, 0.29) is 30.6 Å². The van der Waals surface area contributed by atoms with Crippen LogP contribution in [0.2, 0.25) is 0 Å². The molecule has 0 radical (unpaired) electrons. The van der Waals surface area contributed by atoms with E-state index in [0.29, 0.717) is 11.4 Å². The fourth-order valence-corrected chi connectivity index (χ4v) is 2.28. The maximum Gasteiger partial charge on any atom is 0.416 e. The van der Waals surface area contributed by atoms with Crippen molar-refractivity contribution in [2.24, 2.45) is 0 Å². The average Bonchev–Trinajstić information content (AvgIpc) is 3.05. The summed E-state index contributed by atoms with van der Waals surface area (Å²) in [5, 5.41) is 13.5. The summed E-state index contributed by atoms with van der Waals surface area (Å²) >= 11 is 0. The van der Waals surface area contributed by atoms with Crippen LogP contribution in [0.3, 0.4) is 0 Å². The number of amides is 1. The summed E-state index contributed by atoms with van der Waals surface area (Å²) in [6, 6.07) is 7.76. The summed E-state index contributed by atoms with van der Waals surface area (Å²) in [5.41, 5.74) is -0.325. The molecule has 1 N–H and O–H groups in total. The van der Waals surface area contributed by atoms with Gasteiger partial charge in [0.25, 0.3) is 0 Å². The molecule has 28 heavy (non-hydrogen) atoms. The van der Waals surface area contributed by atoms with E-state index >= 15 is 0 Å². The van der Waals surface area contributed by atoms with E-state index in [9.17, 15) is 18.0 Å². The molecule has 1 aromatic carbocycles. The normalized spacial score (nSPS) is 11.3. The highest BCUT2D eigenvalue weighted by atomic mass is 19.4. The van der Waals surface area contributed by atoms with Gasteiger partial charge in [-0.25, -0.2) is 9.67 Å². The molecule has 0 spiro atoms. The maximum atomic E-state index is 12.8. The Balaban J connectivity index is 1.68. The van der Waals surface area contributed by atoms with E-state index in [1.54, 1.807) is 19.1 Å². The molecule has 0 aliphatic rings. The number of ether oxygens (including phenoxy) is 1.